The van der Waals surface area contributed by atoms with Crippen molar-refractivity contribution in [1.82, 2.24) is 15.2 Å². The largest absolute Gasteiger partial charge is 0.490 e. The number of pyridine rings is 1. The molecule has 0 unspecified atom stereocenters. The van der Waals surface area contributed by atoms with Crippen molar-refractivity contribution in [2.75, 3.05) is 26.7 Å². The number of carboxylic acids is 2. The van der Waals surface area contributed by atoms with Crippen LogP contribution in [0.1, 0.15) is 12.0 Å². The van der Waals surface area contributed by atoms with Gasteiger partial charge in [0.25, 0.3) is 0 Å². The minimum Gasteiger partial charge on any atom is -0.475 e. The number of aliphatic carboxylic acids is 2. The zero-order valence-corrected chi connectivity index (χ0v) is 16.9. The van der Waals surface area contributed by atoms with E-state index in [-0.39, 0.29) is 0 Å². The monoisotopic (exact) mass is 475 g/mol. The number of piperidine rings is 1. The Morgan fingerprint density at radius 3 is 2.16 bits per heavy atom. The van der Waals surface area contributed by atoms with Crippen LogP contribution in [0.5, 0.6) is 0 Å². The number of hydrogen-bond acceptors (Lipinski definition) is 6. The van der Waals surface area contributed by atoms with Gasteiger partial charge in [-0.2, -0.15) is 26.3 Å². The zero-order chi connectivity index (χ0) is 24.5. The van der Waals surface area contributed by atoms with Gasteiger partial charge < -0.3 is 20.3 Å². The van der Waals surface area contributed by atoms with Crippen LogP contribution >= 0.6 is 0 Å². The molecule has 2 saturated heterocycles. The maximum Gasteiger partial charge on any atom is 0.490 e. The second-order valence-electron chi connectivity index (χ2n) is 6.95. The molecule has 14 heteroatoms. The Morgan fingerprint density at radius 2 is 1.72 bits per heavy atom. The molecular weight excluding hydrogens is 452 g/mol. The number of aromatic nitrogens is 1. The summed E-state index contributed by atoms with van der Waals surface area (Å²) in [4.78, 5) is 24.5. The third kappa shape index (κ3) is 9.36. The first-order valence-corrected chi connectivity index (χ1v) is 9.23. The van der Waals surface area contributed by atoms with E-state index in [1.165, 1.54) is 5.56 Å². The molecule has 182 valence electrons. The first-order chi connectivity index (χ1) is 14.8. The molecule has 0 aromatic carbocycles. The highest BCUT2D eigenvalue weighted by Crippen LogP contribution is 2.28. The lowest BCUT2D eigenvalue weighted by Gasteiger charge is -2.32. The van der Waals surface area contributed by atoms with Crippen LogP contribution in [0.2, 0.25) is 0 Å². The molecule has 1 aromatic heterocycles. The molecule has 2 fully saturated rings. The van der Waals surface area contributed by atoms with Crippen LogP contribution in [0.3, 0.4) is 0 Å². The summed E-state index contributed by atoms with van der Waals surface area (Å²) in [6, 6.07) is 4.76. The minimum absolute atomic E-state index is 0.426. The normalized spacial score (nSPS) is 23.2. The molecule has 3 atom stereocenters. The summed E-state index contributed by atoms with van der Waals surface area (Å²) in [5.74, 6) is -4.87. The maximum atomic E-state index is 10.6. The van der Waals surface area contributed by atoms with E-state index in [0.717, 1.165) is 32.6 Å². The van der Waals surface area contributed by atoms with Gasteiger partial charge in [0.1, 0.15) is 0 Å². The Hall–Kier alpha value is -2.45. The van der Waals surface area contributed by atoms with E-state index in [4.69, 9.17) is 24.5 Å². The van der Waals surface area contributed by atoms with E-state index in [0.29, 0.717) is 18.1 Å². The maximum absolute atomic E-state index is 10.6. The first-order valence-electron chi connectivity index (χ1n) is 9.23. The summed E-state index contributed by atoms with van der Waals surface area (Å²) >= 11 is 0. The number of likely N-dealkylation sites (tertiary alicyclic amines) is 1. The number of carbonyl (C=O) groups is 2. The molecule has 0 radical (unpaired) electrons. The Balaban J connectivity index is 0.000000305. The van der Waals surface area contributed by atoms with Crippen LogP contribution in [-0.4, -0.2) is 83.3 Å². The average molecular weight is 475 g/mol. The number of rotatable bonds is 3. The van der Waals surface area contributed by atoms with Crippen LogP contribution in [0, 0.1) is 5.92 Å². The predicted molar refractivity (Wildman–Crippen MR) is 97.6 cm³/mol. The molecule has 8 nitrogen and oxygen atoms in total. The number of carboxylic acid groups (broad SMARTS) is 2. The van der Waals surface area contributed by atoms with Crippen molar-refractivity contribution in [3.8, 4) is 0 Å². The summed E-state index contributed by atoms with van der Waals surface area (Å²) in [5.41, 5.74) is 1.30. The molecule has 1 aromatic rings. The molecule has 0 spiro atoms. The minimum atomic E-state index is -5.08. The van der Waals surface area contributed by atoms with Gasteiger partial charge in [-0.15, -0.1) is 0 Å². The highest BCUT2D eigenvalue weighted by molar-refractivity contribution is 5.73. The van der Waals surface area contributed by atoms with Crippen LogP contribution in [0.15, 0.2) is 24.5 Å². The summed E-state index contributed by atoms with van der Waals surface area (Å²) in [6.07, 6.45) is -4.81. The fraction of sp³-hybridized carbons (Fsp3) is 0.611. The Labute approximate surface area is 179 Å². The fourth-order valence-electron chi connectivity index (χ4n) is 3.30. The summed E-state index contributed by atoms with van der Waals surface area (Å²) < 4.78 is 69.1. The lowest BCUT2D eigenvalue weighted by Crippen LogP contribution is -2.48. The van der Waals surface area contributed by atoms with E-state index in [2.05, 4.69) is 21.3 Å². The van der Waals surface area contributed by atoms with Crippen molar-refractivity contribution in [2.24, 2.45) is 5.92 Å². The molecule has 32 heavy (non-hydrogen) atoms. The Kier molecular flexibility index (Phi) is 10.3. The summed E-state index contributed by atoms with van der Waals surface area (Å²) in [6.45, 7) is 4.34. The van der Waals surface area contributed by atoms with Gasteiger partial charge in [0, 0.05) is 51.1 Å². The van der Waals surface area contributed by atoms with E-state index in [9.17, 15) is 26.3 Å². The lowest BCUT2D eigenvalue weighted by atomic mass is 9.91. The molecule has 2 aliphatic heterocycles. The number of alkyl halides is 6. The van der Waals surface area contributed by atoms with Crippen LogP contribution < -0.4 is 5.32 Å². The lowest BCUT2D eigenvalue weighted by molar-refractivity contribution is -0.193. The van der Waals surface area contributed by atoms with Crippen molar-refractivity contribution >= 4 is 11.9 Å². The molecule has 0 saturated carbocycles. The Morgan fingerprint density at radius 1 is 1.16 bits per heavy atom. The van der Waals surface area contributed by atoms with E-state index in [1.54, 1.807) is 0 Å². The van der Waals surface area contributed by atoms with E-state index < -0.39 is 24.3 Å². The number of halogens is 6. The highest BCUT2D eigenvalue weighted by atomic mass is 19.4. The molecule has 3 rings (SSSR count). The Bertz CT molecular complexity index is 708. The average Bonchev–Trinajstić information content (AvgIpc) is 3.10. The number of nitrogens with one attached hydrogen (secondary N) is 1. The van der Waals surface area contributed by atoms with Crippen LogP contribution in [-0.2, 0) is 20.9 Å². The smallest absolute Gasteiger partial charge is 0.475 e. The standard InChI is InChI=1S/C14H21N3O.2C2HF3O2/c1-18-14-4-6-16-13-10-17(9-12(13)14)8-11-3-2-5-15-7-11;2*3-2(4,5)1(6)7/h2-3,5,7,12-14,16H,4,6,8-10H2,1H3;2*(H,6,7)/t12-,13+,14-;;/m0../s1. The van der Waals surface area contributed by atoms with Gasteiger partial charge in [0.05, 0.1) is 6.10 Å². The topological polar surface area (TPSA) is 112 Å². The van der Waals surface area contributed by atoms with Gasteiger partial charge >= 0.3 is 24.3 Å². The number of methoxy groups -OCH3 is 1. The number of hydrogen-bond donors (Lipinski definition) is 3. The third-order valence-electron chi connectivity index (χ3n) is 4.67. The van der Waals surface area contributed by atoms with Gasteiger partial charge in [-0.3, -0.25) is 9.88 Å². The zero-order valence-electron chi connectivity index (χ0n) is 16.9. The quantitative estimate of drug-likeness (QED) is 0.571. The molecule has 2 aliphatic rings. The molecular formula is C18H23F6N3O5. The molecule has 3 N–H and O–H groups in total. The first kappa shape index (κ1) is 27.6. The van der Waals surface area contributed by atoms with Gasteiger partial charge in [0.2, 0.25) is 0 Å². The molecule has 0 bridgehead atoms. The number of fused-ring (bicyclic) bond motifs is 1. The van der Waals surface area contributed by atoms with Crippen molar-refractivity contribution in [2.45, 2.75) is 37.5 Å². The molecule has 0 amide bonds. The van der Waals surface area contributed by atoms with Crippen molar-refractivity contribution in [3.05, 3.63) is 30.1 Å². The van der Waals surface area contributed by atoms with Crippen molar-refractivity contribution < 1.29 is 50.9 Å². The van der Waals surface area contributed by atoms with Gasteiger partial charge in [0.15, 0.2) is 0 Å². The van der Waals surface area contributed by atoms with Crippen molar-refractivity contribution in [3.63, 3.8) is 0 Å². The molecule has 0 aliphatic carbocycles. The highest BCUT2D eigenvalue weighted by Gasteiger charge is 2.40. The van der Waals surface area contributed by atoms with Gasteiger partial charge in [-0.1, -0.05) is 6.07 Å². The summed E-state index contributed by atoms with van der Waals surface area (Å²) in [7, 11) is 1.84. The van der Waals surface area contributed by atoms with Crippen LogP contribution in [0.25, 0.3) is 0 Å². The predicted octanol–water partition coefficient (Wildman–Crippen LogP) is 2.16. The molecule has 3 heterocycles. The second kappa shape index (κ2) is 12.0. The SMILES string of the molecule is CO[C@H]1CCN[C@@H]2CN(Cc3cccnc3)C[C@H]12.O=C(O)C(F)(F)F.O=C(O)C(F)(F)F. The van der Waals surface area contributed by atoms with E-state index >= 15 is 0 Å². The summed E-state index contributed by atoms with van der Waals surface area (Å²) in [5, 5.41) is 17.9. The van der Waals surface area contributed by atoms with Gasteiger partial charge in [-0.05, 0) is 24.6 Å². The third-order valence-corrected chi connectivity index (χ3v) is 4.67. The fourth-order valence-corrected chi connectivity index (χ4v) is 3.30. The van der Waals surface area contributed by atoms with Crippen molar-refractivity contribution in [1.29, 1.82) is 0 Å². The van der Waals surface area contributed by atoms with E-state index in [1.807, 2.05) is 25.6 Å². The van der Waals surface area contributed by atoms with Gasteiger partial charge in [-0.25, -0.2) is 9.59 Å². The second-order valence-corrected chi connectivity index (χ2v) is 6.95. The number of nitrogens with zero attached hydrogens (tertiary/aromatic N) is 2. The van der Waals surface area contributed by atoms with Crippen LogP contribution in [0.4, 0.5) is 26.3 Å². The number of ether oxygens (including phenoxy) is 1.